The van der Waals surface area contributed by atoms with E-state index in [2.05, 4.69) is 20.9 Å². The lowest BCUT2D eigenvalue weighted by molar-refractivity contribution is -0.132. The van der Waals surface area contributed by atoms with Crippen LogP contribution in [-0.4, -0.2) is 16.0 Å². The molecule has 1 atom stereocenters. The van der Waals surface area contributed by atoms with Crippen molar-refractivity contribution in [3.8, 4) is 0 Å². The molecule has 0 saturated carbocycles. The van der Waals surface area contributed by atoms with E-state index in [1.54, 1.807) is 35.4 Å². The average molecular weight is 502 g/mol. The van der Waals surface area contributed by atoms with Gasteiger partial charge < -0.3 is 15.0 Å². The Balaban J connectivity index is 1.68. The van der Waals surface area contributed by atoms with Crippen LogP contribution in [0.5, 0.6) is 0 Å². The molecular weight excluding hydrogens is 487 g/mol. The Morgan fingerprint density at radius 3 is 2.63 bits per heavy atom. The first-order valence-electron chi connectivity index (χ1n) is 9.24. The SMILES string of the molecule is O=C1N(Cc2ccc(Cl)cc2Cl)c2ccc(Br)cc2C1(O)c1c[nH]c2ccccc12. The molecule has 0 aliphatic carbocycles. The predicted octanol–water partition coefficient (Wildman–Crippen LogP) is 6.02. The van der Waals surface area contributed by atoms with E-state index < -0.39 is 11.5 Å². The highest BCUT2D eigenvalue weighted by atomic mass is 79.9. The molecule has 5 rings (SSSR count). The Kier molecular flexibility index (Phi) is 4.67. The number of hydrogen-bond donors (Lipinski definition) is 2. The summed E-state index contributed by atoms with van der Waals surface area (Å²) in [5, 5.41) is 13.7. The summed E-state index contributed by atoms with van der Waals surface area (Å²) in [5.74, 6) is -0.425. The highest BCUT2D eigenvalue weighted by molar-refractivity contribution is 9.10. The van der Waals surface area contributed by atoms with E-state index in [0.29, 0.717) is 26.9 Å². The number of carbonyl (C=O) groups excluding carboxylic acids is 1. The average Bonchev–Trinajstić information content (AvgIpc) is 3.24. The molecule has 1 aliphatic rings. The summed E-state index contributed by atoms with van der Waals surface area (Å²) in [4.78, 5) is 18.4. The smallest absolute Gasteiger partial charge is 0.268 e. The summed E-state index contributed by atoms with van der Waals surface area (Å²) in [5.41, 5.74) is 1.46. The first-order valence-corrected chi connectivity index (χ1v) is 10.8. The van der Waals surface area contributed by atoms with Gasteiger partial charge in [-0.15, -0.1) is 0 Å². The Morgan fingerprint density at radius 2 is 1.83 bits per heavy atom. The van der Waals surface area contributed by atoms with Crippen molar-refractivity contribution in [2.75, 3.05) is 4.90 Å². The Labute approximate surface area is 191 Å². The highest BCUT2D eigenvalue weighted by Crippen LogP contribution is 2.48. The van der Waals surface area contributed by atoms with E-state index in [1.165, 1.54) is 0 Å². The van der Waals surface area contributed by atoms with Crippen LogP contribution in [0.3, 0.4) is 0 Å². The maximum Gasteiger partial charge on any atom is 0.268 e. The zero-order chi connectivity index (χ0) is 21.0. The number of rotatable bonds is 3. The van der Waals surface area contributed by atoms with E-state index in [-0.39, 0.29) is 6.54 Å². The Hall–Kier alpha value is -2.31. The topological polar surface area (TPSA) is 56.3 Å². The molecule has 4 nitrogen and oxygen atoms in total. The molecule has 0 saturated heterocycles. The normalized spacial score (nSPS) is 18.3. The molecule has 3 aromatic carbocycles. The standard InChI is InChI=1S/C23H15BrCl2N2O2/c24-14-6-8-21-17(9-14)23(30,18-11-27-20-4-2-1-3-16(18)20)22(29)28(21)12-13-5-7-15(25)10-19(13)26/h1-11,27,30H,12H2. The molecule has 30 heavy (non-hydrogen) atoms. The van der Waals surface area contributed by atoms with Crippen molar-refractivity contribution < 1.29 is 9.90 Å². The highest BCUT2D eigenvalue weighted by Gasteiger charge is 2.52. The monoisotopic (exact) mass is 500 g/mol. The molecule has 150 valence electrons. The molecule has 1 aliphatic heterocycles. The lowest BCUT2D eigenvalue weighted by atomic mass is 9.87. The molecule has 0 fully saturated rings. The van der Waals surface area contributed by atoms with Gasteiger partial charge in [0.15, 0.2) is 5.60 Å². The number of para-hydroxylation sites is 1. The van der Waals surface area contributed by atoms with Crippen LogP contribution in [0.15, 0.2) is 71.3 Å². The molecule has 1 amide bonds. The number of nitrogens with zero attached hydrogens (tertiary/aromatic N) is 1. The maximum atomic E-state index is 13.7. The number of amides is 1. The molecule has 0 spiro atoms. The number of benzene rings is 3. The van der Waals surface area contributed by atoms with Crippen molar-refractivity contribution in [2.24, 2.45) is 0 Å². The third-order valence-corrected chi connectivity index (χ3v) is 6.60. The maximum absolute atomic E-state index is 13.7. The second-order valence-electron chi connectivity index (χ2n) is 7.25. The second kappa shape index (κ2) is 7.13. The van der Waals surface area contributed by atoms with Crippen LogP contribution in [0.2, 0.25) is 10.0 Å². The number of aromatic nitrogens is 1. The molecule has 2 N–H and O–H groups in total. The van der Waals surface area contributed by atoms with Crippen molar-refractivity contribution in [2.45, 2.75) is 12.1 Å². The molecular formula is C23H15BrCl2N2O2. The van der Waals surface area contributed by atoms with Gasteiger partial charge in [-0.05, 0) is 42.0 Å². The van der Waals surface area contributed by atoms with Crippen LogP contribution in [0.4, 0.5) is 5.69 Å². The number of fused-ring (bicyclic) bond motifs is 2. The van der Waals surface area contributed by atoms with Gasteiger partial charge >= 0.3 is 0 Å². The minimum Gasteiger partial charge on any atom is -0.372 e. The van der Waals surface area contributed by atoms with E-state index >= 15 is 0 Å². The van der Waals surface area contributed by atoms with Crippen molar-refractivity contribution in [3.63, 3.8) is 0 Å². The largest absolute Gasteiger partial charge is 0.372 e. The molecule has 0 radical (unpaired) electrons. The second-order valence-corrected chi connectivity index (χ2v) is 9.01. The third-order valence-electron chi connectivity index (χ3n) is 5.52. The van der Waals surface area contributed by atoms with Crippen molar-refractivity contribution in [3.05, 3.63) is 98.1 Å². The third kappa shape index (κ3) is 2.88. The first kappa shape index (κ1) is 19.6. The van der Waals surface area contributed by atoms with Gasteiger partial charge in [0, 0.05) is 42.7 Å². The fourth-order valence-electron chi connectivity index (χ4n) is 4.06. The minimum absolute atomic E-state index is 0.216. The van der Waals surface area contributed by atoms with Crippen LogP contribution >= 0.6 is 39.1 Å². The van der Waals surface area contributed by atoms with Gasteiger partial charge in [-0.2, -0.15) is 0 Å². The van der Waals surface area contributed by atoms with E-state index in [0.717, 1.165) is 20.9 Å². The molecule has 4 aromatic rings. The summed E-state index contributed by atoms with van der Waals surface area (Å²) in [6, 6.07) is 18.2. The van der Waals surface area contributed by atoms with E-state index in [9.17, 15) is 9.90 Å². The Morgan fingerprint density at radius 1 is 1.03 bits per heavy atom. The van der Waals surface area contributed by atoms with Gasteiger partial charge in [0.1, 0.15) is 0 Å². The first-order chi connectivity index (χ1) is 14.4. The minimum atomic E-state index is -1.82. The van der Waals surface area contributed by atoms with Crippen molar-refractivity contribution in [1.82, 2.24) is 4.98 Å². The van der Waals surface area contributed by atoms with Crippen LogP contribution < -0.4 is 4.90 Å². The molecule has 1 aromatic heterocycles. The van der Waals surface area contributed by atoms with E-state index in [1.807, 2.05) is 36.4 Å². The number of nitrogens with one attached hydrogen (secondary N) is 1. The van der Waals surface area contributed by atoms with Gasteiger partial charge in [-0.25, -0.2) is 0 Å². The predicted molar refractivity (Wildman–Crippen MR) is 123 cm³/mol. The van der Waals surface area contributed by atoms with Gasteiger partial charge in [-0.3, -0.25) is 4.79 Å². The van der Waals surface area contributed by atoms with Crippen molar-refractivity contribution >= 4 is 61.6 Å². The number of aromatic amines is 1. The molecule has 2 heterocycles. The number of carbonyl (C=O) groups is 1. The lowest BCUT2D eigenvalue weighted by Gasteiger charge is -2.23. The summed E-state index contributed by atoms with van der Waals surface area (Å²) in [6.45, 7) is 0.216. The summed E-state index contributed by atoms with van der Waals surface area (Å²) < 4.78 is 0.777. The van der Waals surface area contributed by atoms with Crippen LogP contribution in [-0.2, 0) is 16.9 Å². The summed E-state index contributed by atoms with van der Waals surface area (Å²) in [6.07, 6.45) is 1.70. The number of halogens is 3. The summed E-state index contributed by atoms with van der Waals surface area (Å²) in [7, 11) is 0. The quantitative estimate of drug-likeness (QED) is 0.360. The molecule has 0 bridgehead atoms. The van der Waals surface area contributed by atoms with Gasteiger partial charge in [-0.1, -0.05) is 63.4 Å². The molecule has 1 unspecified atom stereocenters. The van der Waals surface area contributed by atoms with Gasteiger partial charge in [0.25, 0.3) is 5.91 Å². The van der Waals surface area contributed by atoms with Crippen LogP contribution in [0, 0.1) is 0 Å². The Bertz CT molecular complexity index is 1320. The van der Waals surface area contributed by atoms with E-state index in [4.69, 9.17) is 23.2 Å². The molecule has 7 heteroatoms. The number of anilines is 1. The number of hydrogen-bond acceptors (Lipinski definition) is 2. The fourth-order valence-corrected chi connectivity index (χ4v) is 4.89. The number of H-pyrrole nitrogens is 1. The van der Waals surface area contributed by atoms with Crippen LogP contribution in [0.25, 0.3) is 10.9 Å². The van der Waals surface area contributed by atoms with Gasteiger partial charge in [0.05, 0.1) is 12.2 Å². The van der Waals surface area contributed by atoms with Crippen LogP contribution in [0.1, 0.15) is 16.7 Å². The zero-order valence-corrected chi connectivity index (χ0v) is 18.6. The number of aliphatic hydroxyl groups is 1. The van der Waals surface area contributed by atoms with Crippen molar-refractivity contribution in [1.29, 1.82) is 0 Å². The fraction of sp³-hybridized carbons (Fsp3) is 0.0870. The van der Waals surface area contributed by atoms with Gasteiger partial charge in [0.2, 0.25) is 0 Å². The zero-order valence-electron chi connectivity index (χ0n) is 15.5. The summed E-state index contributed by atoms with van der Waals surface area (Å²) >= 11 is 15.8. The lowest BCUT2D eigenvalue weighted by Crippen LogP contribution is -2.40.